The lowest BCUT2D eigenvalue weighted by Crippen LogP contribution is -2.00. The van der Waals surface area contributed by atoms with Gasteiger partial charge in [0.05, 0.1) is 5.56 Å². The summed E-state index contributed by atoms with van der Waals surface area (Å²) < 4.78 is 11.7. The molecule has 0 aliphatic carbocycles. The van der Waals surface area contributed by atoms with E-state index in [2.05, 4.69) is 15.9 Å². The number of carbonyl (C=O) groups is 1. The lowest BCUT2D eigenvalue weighted by Gasteiger charge is -2.09. The lowest BCUT2D eigenvalue weighted by atomic mass is 10.0. The molecule has 1 aromatic rings. The van der Waals surface area contributed by atoms with Gasteiger partial charge in [-0.15, -0.1) is 0 Å². The van der Waals surface area contributed by atoms with Gasteiger partial charge < -0.3 is 15.2 Å². The summed E-state index contributed by atoms with van der Waals surface area (Å²) in [6.45, 7) is 0.861. The standard InChI is InChI=1S/C12H14BrNO3/c13-10-5-8(6-15)11-12(17-7-16-11)9(10)3-1-2-4-14/h5-6H,1-4,7,14H2. The van der Waals surface area contributed by atoms with Crippen molar-refractivity contribution in [3.8, 4) is 11.5 Å². The van der Waals surface area contributed by atoms with Gasteiger partial charge in [-0.25, -0.2) is 0 Å². The normalized spacial score (nSPS) is 12.8. The Morgan fingerprint density at radius 2 is 2.12 bits per heavy atom. The smallest absolute Gasteiger partial charge is 0.231 e. The zero-order valence-electron chi connectivity index (χ0n) is 9.37. The molecule has 92 valence electrons. The molecule has 0 amide bonds. The van der Waals surface area contributed by atoms with Crippen molar-refractivity contribution in [2.24, 2.45) is 5.73 Å². The zero-order valence-corrected chi connectivity index (χ0v) is 11.0. The summed E-state index contributed by atoms with van der Waals surface area (Å²) in [4.78, 5) is 10.9. The average Bonchev–Trinajstić information content (AvgIpc) is 2.80. The van der Waals surface area contributed by atoms with Crippen LogP contribution in [0.3, 0.4) is 0 Å². The fourth-order valence-corrected chi connectivity index (χ4v) is 2.51. The molecule has 1 heterocycles. The van der Waals surface area contributed by atoms with Gasteiger partial charge in [-0.3, -0.25) is 4.79 Å². The summed E-state index contributed by atoms with van der Waals surface area (Å²) in [6, 6.07) is 1.78. The molecule has 0 saturated carbocycles. The van der Waals surface area contributed by atoms with Crippen LogP contribution in [0.25, 0.3) is 0 Å². The maximum absolute atomic E-state index is 10.9. The fourth-order valence-electron chi connectivity index (χ4n) is 1.88. The molecule has 1 aromatic carbocycles. The van der Waals surface area contributed by atoms with E-state index >= 15 is 0 Å². The second-order valence-corrected chi connectivity index (χ2v) is 4.71. The van der Waals surface area contributed by atoms with Crippen molar-refractivity contribution in [3.63, 3.8) is 0 Å². The molecular formula is C12H14BrNO3. The second-order valence-electron chi connectivity index (χ2n) is 3.85. The highest BCUT2D eigenvalue weighted by atomic mass is 79.9. The van der Waals surface area contributed by atoms with E-state index in [0.29, 0.717) is 23.6 Å². The van der Waals surface area contributed by atoms with Crippen LogP contribution in [-0.2, 0) is 6.42 Å². The Balaban J connectivity index is 2.32. The average molecular weight is 300 g/mol. The van der Waals surface area contributed by atoms with Crippen molar-refractivity contribution in [1.29, 1.82) is 0 Å². The molecule has 0 spiro atoms. The summed E-state index contributed by atoms with van der Waals surface area (Å²) in [6.07, 6.45) is 3.60. The fraction of sp³-hybridized carbons (Fsp3) is 0.417. The van der Waals surface area contributed by atoms with Gasteiger partial charge in [-0.2, -0.15) is 0 Å². The molecule has 0 radical (unpaired) electrons. The molecule has 0 saturated heterocycles. The Hall–Kier alpha value is -1.07. The van der Waals surface area contributed by atoms with E-state index in [4.69, 9.17) is 15.2 Å². The van der Waals surface area contributed by atoms with Crippen molar-refractivity contribution in [3.05, 3.63) is 21.7 Å². The first-order valence-corrected chi connectivity index (χ1v) is 6.33. The molecule has 17 heavy (non-hydrogen) atoms. The Kier molecular flexibility index (Phi) is 4.02. The van der Waals surface area contributed by atoms with Gasteiger partial charge in [0.15, 0.2) is 17.8 Å². The van der Waals surface area contributed by atoms with Crippen LogP contribution in [0.1, 0.15) is 28.8 Å². The summed E-state index contributed by atoms with van der Waals surface area (Å²) in [5.74, 6) is 1.25. The zero-order chi connectivity index (χ0) is 12.3. The summed E-state index contributed by atoms with van der Waals surface area (Å²) in [5.41, 5.74) is 7.05. The highest BCUT2D eigenvalue weighted by Gasteiger charge is 2.23. The van der Waals surface area contributed by atoms with E-state index in [1.807, 2.05) is 0 Å². The number of nitrogens with two attached hydrogens (primary N) is 1. The minimum Gasteiger partial charge on any atom is -0.453 e. The van der Waals surface area contributed by atoms with Crippen LogP contribution in [0.5, 0.6) is 11.5 Å². The predicted octanol–water partition coefficient (Wildman–Crippen LogP) is 2.27. The first-order valence-electron chi connectivity index (χ1n) is 5.54. The molecule has 4 nitrogen and oxygen atoms in total. The van der Waals surface area contributed by atoms with Crippen LogP contribution < -0.4 is 15.2 Å². The van der Waals surface area contributed by atoms with Crippen LogP contribution in [0.4, 0.5) is 0 Å². The number of fused-ring (bicyclic) bond motifs is 1. The third-order valence-electron chi connectivity index (χ3n) is 2.73. The number of unbranched alkanes of at least 4 members (excludes halogenated alkanes) is 1. The summed E-state index contributed by atoms with van der Waals surface area (Å²) in [5, 5.41) is 0. The molecule has 0 fully saturated rings. The summed E-state index contributed by atoms with van der Waals surface area (Å²) in [7, 11) is 0. The van der Waals surface area contributed by atoms with Crippen molar-refractivity contribution in [1.82, 2.24) is 0 Å². The first-order chi connectivity index (χ1) is 8.27. The van der Waals surface area contributed by atoms with Gasteiger partial charge in [0.1, 0.15) is 0 Å². The van der Waals surface area contributed by atoms with Gasteiger partial charge in [-0.05, 0) is 31.9 Å². The highest BCUT2D eigenvalue weighted by molar-refractivity contribution is 9.10. The van der Waals surface area contributed by atoms with Crippen molar-refractivity contribution < 1.29 is 14.3 Å². The third-order valence-corrected chi connectivity index (χ3v) is 3.43. The van der Waals surface area contributed by atoms with Gasteiger partial charge >= 0.3 is 0 Å². The maximum Gasteiger partial charge on any atom is 0.231 e. The SMILES string of the molecule is NCCCCc1c(Br)cc(C=O)c2c1OCO2. The Morgan fingerprint density at radius 1 is 1.35 bits per heavy atom. The van der Waals surface area contributed by atoms with Gasteiger partial charge in [-0.1, -0.05) is 15.9 Å². The monoisotopic (exact) mass is 299 g/mol. The van der Waals surface area contributed by atoms with Gasteiger partial charge in [0, 0.05) is 10.0 Å². The van der Waals surface area contributed by atoms with Crippen LogP contribution >= 0.6 is 15.9 Å². The Morgan fingerprint density at radius 3 is 2.82 bits per heavy atom. The molecule has 5 heteroatoms. The molecule has 2 N–H and O–H groups in total. The van der Waals surface area contributed by atoms with Crippen LogP contribution in [0.2, 0.25) is 0 Å². The largest absolute Gasteiger partial charge is 0.453 e. The van der Waals surface area contributed by atoms with Crippen molar-refractivity contribution in [2.75, 3.05) is 13.3 Å². The van der Waals surface area contributed by atoms with Gasteiger partial charge in [0.25, 0.3) is 0 Å². The number of aldehydes is 1. The Labute approximate surface area is 108 Å². The second kappa shape index (κ2) is 5.51. The minimum atomic E-state index is 0.177. The van der Waals surface area contributed by atoms with E-state index in [9.17, 15) is 4.79 Å². The number of halogens is 1. The number of benzene rings is 1. The van der Waals surface area contributed by atoms with E-state index in [1.165, 1.54) is 0 Å². The lowest BCUT2D eigenvalue weighted by molar-refractivity contribution is 0.111. The van der Waals surface area contributed by atoms with Crippen molar-refractivity contribution in [2.45, 2.75) is 19.3 Å². The number of ether oxygens (including phenoxy) is 2. The maximum atomic E-state index is 10.9. The number of hydrogen-bond donors (Lipinski definition) is 1. The molecule has 0 atom stereocenters. The van der Waals surface area contributed by atoms with E-state index in [1.54, 1.807) is 6.07 Å². The molecule has 0 aromatic heterocycles. The van der Waals surface area contributed by atoms with Crippen LogP contribution in [0.15, 0.2) is 10.5 Å². The van der Waals surface area contributed by atoms with E-state index in [0.717, 1.165) is 35.6 Å². The topological polar surface area (TPSA) is 61.6 Å². The molecule has 2 rings (SSSR count). The van der Waals surface area contributed by atoms with Gasteiger partial charge in [0.2, 0.25) is 6.79 Å². The molecule has 1 aliphatic heterocycles. The van der Waals surface area contributed by atoms with Crippen LogP contribution in [0, 0.1) is 0 Å². The van der Waals surface area contributed by atoms with E-state index in [-0.39, 0.29) is 6.79 Å². The first kappa shape index (κ1) is 12.4. The predicted molar refractivity (Wildman–Crippen MR) is 67.6 cm³/mol. The molecule has 0 unspecified atom stereocenters. The summed E-state index contributed by atoms with van der Waals surface area (Å²) >= 11 is 3.47. The third kappa shape index (κ3) is 2.45. The molecule has 0 bridgehead atoms. The quantitative estimate of drug-likeness (QED) is 0.669. The highest BCUT2D eigenvalue weighted by Crippen LogP contribution is 2.42. The number of rotatable bonds is 5. The number of hydrogen-bond acceptors (Lipinski definition) is 4. The van der Waals surface area contributed by atoms with E-state index < -0.39 is 0 Å². The number of carbonyl (C=O) groups excluding carboxylic acids is 1. The molecule has 1 aliphatic rings. The molecular weight excluding hydrogens is 286 g/mol. The van der Waals surface area contributed by atoms with Crippen LogP contribution in [-0.4, -0.2) is 19.6 Å². The van der Waals surface area contributed by atoms with Crippen molar-refractivity contribution >= 4 is 22.2 Å². The Bertz CT molecular complexity index is 434. The minimum absolute atomic E-state index is 0.177.